The highest BCUT2D eigenvalue weighted by Crippen LogP contribution is 2.31. The molecule has 1 aromatic carbocycles. The minimum Gasteiger partial charge on any atom is -0.316 e. The average molecular weight is 263 g/mol. The summed E-state index contributed by atoms with van der Waals surface area (Å²) in [7, 11) is 0. The summed E-state index contributed by atoms with van der Waals surface area (Å²) in [5, 5.41) is 10.4. The topological polar surface area (TPSA) is 40.7 Å². The van der Waals surface area contributed by atoms with Gasteiger partial charge in [0.05, 0.1) is 6.20 Å². The van der Waals surface area contributed by atoms with Crippen LogP contribution in [0.1, 0.15) is 24.5 Å². The number of piperidine rings is 1. The van der Waals surface area contributed by atoms with Gasteiger partial charge < -0.3 is 5.32 Å². The standard InChI is InChI=1S/C14H15F2N3/c15-12-4-3-9(6-13(12)16)11-8-18-19-14(11)10-2-1-5-17-7-10/h3-4,6,8,10,17H,1-2,5,7H2,(H,18,19)/t10-/m0/s1. The first-order valence-corrected chi connectivity index (χ1v) is 6.45. The van der Waals surface area contributed by atoms with Gasteiger partial charge in [-0.15, -0.1) is 0 Å². The van der Waals surface area contributed by atoms with E-state index < -0.39 is 11.6 Å². The van der Waals surface area contributed by atoms with E-state index in [1.165, 1.54) is 6.07 Å². The number of nitrogens with one attached hydrogen (secondary N) is 2. The Morgan fingerprint density at radius 1 is 1.21 bits per heavy atom. The number of rotatable bonds is 2. The van der Waals surface area contributed by atoms with Crippen LogP contribution in [0.4, 0.5) is 8.78 Å². The zero-order valence-corrected chi connectivity index (χ0v) is 10.4. The highest BCUT2D eigenvalue weighted by molar-refractivity contribution is 5.66. The van der Waals surface area contributed by atoms with E-state index in [1.807, 2.05) is 0 Å². The second-order valence-corrected chi connectivity index (χ2v) is 4.87. The summed E-state index contributed by atoms with van der Waals surface area (Å²) < 4.78 is 26.3. The highest BCUT2D eigenvalue weighted by atomic mass is 19.2. The zero-order chi connectivity index (χ0) is 13.2. The average Bonchev–Trinajstić information content (AvgIpc) is 2.92. The van der Waals surface area contributed by atoms with E-state index in [-0.39, 0.29) is 0 Å². The molecule has 5 heteroatoms. The maximum absolute atomic E-state index is 13.3. The Bertz CT molecular complexity index is 574. The number of benzene rings is 1. The van der Waals surface area contributed by atoms with E-state index in [0.29, 0.717) is 11.5 Å². The van der Waals surface area contributed by atoms with Crippen LogP contribution in [0.5, 0.6) is 0 Å². The number of nitrogens with zero attached hydrogens (tertiary/aromatic N) is 1. The predicted molar refractivity (Wildman–Crippen MR) is 68.8 cm³/mol. The van der Waals surface area contributed by atoms with Crippen molar-refractivity contribution in [1.82, 2.24) is 15.5 Å². The molecule has 0 amide bonds. The first-order chi connectivity index (χ1) is 9.25. The third-order valence-corrected chi connectivity index (χ3v) is 3.60. The van der Waals surface area contributed by atoms with Crippen LogP contribution in [-0.2, 0) is 0 Å². The van der Waals surface area contributed by atoms with Gasteiger partial charge in [0.1, 0.15) is 0 Å². The van der Waals surface area contributed by atoms with Gasteiger partial charge in [-0.2, -0.15) is 5.10 Å². The van der Waals surface area contributed by atoms with E-state index in [2.05, 4.69) is 15.5 Å². The van der Waals surface area contributed by atoms with Crippen molar-refractivity contribution in [2.45, 2.75) is 18.8 Å². The van der Waals surface area contributed by atoms with Crippen molar-refractivity contribution in [3.8, 4) is 11.1 Å². The molecule has 100 valence electrons. The molecular formula is C14H15F2N3. The van der Waals surface area contributed by atoms with Gasteiger partial charge in [0.25, 0.3) is 0 Å². The molecule has 3 nitrogen and oxygen atoms in total. The molecule has 1 atom stereocenters. The molecule has 2 aromatic rings. The number of hydrogen-bond acceptors (Lipinski definition) is 2. The summed E-state index contributed by atoms with van der Waals surface area (Å²) >= 11 is 0. The molecule has 1 fully saturated rings. The molecule has 0 saturated carbocycles. The maximum Gasteiger partial charge on any atom is 0.159 e. The molecule has 2 N–H and O–H groups in total. The van der Waals surface area contributed by atoms with Crippen molar-refractivity contribution >= 4 is 0 Å². The van der Waals surface area contributed by atoms with E-state index in [9.17, 15) is 8.78 Å². The van der Waals surface area contributed by atoms with Gasteiger partial charge in [-0.25, -0.2) is 8.78 Å². The van der Waals surface area contributed by atoms with Crippen LogP contribution in [0, 0.1) is 11.6 Å². The molecule has 0 unspecified atom stereocenters. The van der Waals surface area contributed by atoms with Gasteiger partial charge in [0, 0.05) is 23.7 Å². The molecule has 0 bridgehead atoms. The summed E-state index contributed by atoms with van der Waals surface area (Å²) in [5.74, 6) is -1.31. The first kappa shape index (κ1) is 12.3. The van der Waals surface area contributed by atoms with Gasteiger partial charge in [-0.3, -0.25) is 5.10 Å². The lowest BCUT2D eigenvalue weighted by Gasteiger charge is -2.22. The lowest BCUT2D eigenvalue weighted by atomic mass is 9.91. The number of halogens is 2. The second kappa shape index (κ2) is 5.09. The van der Waals surface area contributed by atoms with Crippen molar-refractivity contribution in [1.29, 1.82) is 0 Å². The Hall–Kier alpha value is -1.75. The largest absolute Gasteiger partial charge is 0.316 e. The molecule has 0 radical (unpaired) electrons. The Kier molecular flexibility index (Phi) is 3.29. The van der Waals surface area contributed by atoms with Crippen LogP contribution in [0.3, 0.4) is 0 Å². The second-order valence-electron chi connectivity index (χ2n) is 4.87. The number of H-pyrrole nitrogens is 1. The molecule has 0 spiro atoms. The molecule has 19 heavy (non-hydrogen) atoms. The molecule has 3 rings (SSSR count). The van der Waals surface area contributed by atoms with Crippen molar-refractivity contribution in [2.24, 2.45) is 0 Å². The van der Waals surface area contributed by atoms with Gasteiger partial charge in [-0.1, -0.05) is 6.07 Å². The smallest absolute Gasteiger partial charge is 0.159 e. The van der Waals surface area contributed by atoms with Gasteiger partial charge in [0.2, 0.25) is 0 Å². The lowest BCUT2D eigenvalue weighted by Crippen LogP contribution is -2.28. The molecule has 1 aromatic heterocycles. The molecule has 1 aliphatic rings. The highest BCUT2D eigenvalue weighted by Gasteiger charge is 2.21. The third kappa shape index (κ3) is 2.38. The third-order valence-electron chi connectivity index (χ3n) is 3.60. The van der Waals surface area contributed by atoms with E-state index >= 15 is 0 Å². The van der Waals surface area contributed by atoms with Gasteiger partial charge >= 0.3 is 0 Å². The summed E-state index contributed by atoms with van der Waals surface area (Å²) in [4.78, 5) is 0. The van der Waals surface area contributed by atoms with Crippen LogP contribution in [-0.4, -0.2) is 23.3 Å². The Labute approximate surface area is 110 Å². The fourth-order valence-electron chi connectivity index (χ4n) is 2.60. The summed E-state index contributed by atoms with van der Waals surface area (Å²) in [6.45, 7) is 1.92. The van der Waals surface area contributed by atoms with E-state index in [1.54, 1.807) is 12.3 Å². The van der Waals surface area contributed by atoms with Crippen LogP contribution in [0.2, 0.25) is 0 Å². The molecule has 1 saturated heterocycles. The minimum absolute atomic E-state index is 0.347. The van der Waals surface area contributed by atoms with E-state index in [0.717, 1.165) is 43.3 Å². The van der Waals surface area contributed by atoms with Gasteiger partial charge in [-0.05, 0) is 37.1 Å². The summed E-state index contributed by atoms with van der Waals surface area (Å²) in [6, 6.07) is 3.96. The molecular weight excluding hydrogens is 248 g/mol. The molecule has 0 aliphatic carbocycles. The Balaban J connectivity index is 1.96. The fourth-order valence-corrected chi connectivity index (χ4v) is 2.60. The predicted octanol–water partition coefficient (Wildman–Crippen LogP) is 2.82. The number of aromatic amines is 1. The van der Waals surface area contributed by atoms with Crippen molar-refractivity contribution < 1.29 is 8.78 Å². The van der Waals surface area contributed by atoms with E-state index in [4.69, 9.17) is 0 Å². The van der Waals surface area contributed by atoms with Crippen LogP contribution >= 0.6 is 0 Å². The number of hydrogen-bond donors (Lipinski definition) is 2. The van der Waals surface area contributed by atoms with Crippen molar-refractivity contribution in [3.05, 3.63) is 41.7 Å². The van der Waals surface area contributed by atoms with Crippen LogP contribution in [0.15, 0.2) is 24.4 Å². The first-order valence-electron chi connectivity index (χ1n) is 6.45. The lowest BCUT2D eigenvalue weighted by molar-refractivity contribution is 0.455. The Morgan fingerprint density at radius 3 is 2.84 bits per heavy atom. The summed E-state index contributed by atoms with van der Waals surface area (Å²) in [6.07, 6.45) is 3.86. The van der Waals surface area contributed by atoms with Crippen LogP contribution in [0.25, 0.3) is 11.1 Å². The molecule has 2 heterocycles. The maximum atomic E-state index is 13.3. The quantitative estimate of drug-likeness (QED) is 0.874. The zero-order valence-electron chi connectivity index (χ0n) is 10.4. The SMILES string of the molecule is Fc1ccc(-c2cn[nH]c2[C@H]2CCCNC2)cc1F. The summed E-state index contributed by atoms with van der Waals surface area (Å²) in [5.41, 5.74) is 2.51. The van der Waals surface area contributed by atoms with Gasteiger partial charge in [0.15, 0.2) is 11.6 Å². The Morgan fingerprint density at radius 2 is 2.11 bits per heavy atom. The minimum atomic E-state index is -0.827. The number of aromatic nitrogens is 2. The van der Waals surface area contributed by atoms with Crippen molar-refractivity contribution in [3.63, 3.8) is 0 Å². The normalized spacial score (nSPS) is 19.6. The monoisotopic (exact) mass is 263 g/mol. The molecule has 1 aliphatic heterocycles. The fraction of sp³-hybridized carbons (Fsp3) is 0.357. The van der Waals surface area contributed by atoms with Crippen molar-refractivity contribution in [2.75, 3.05) is 13.1 Å². The van der Waals surface area contributed by atoms with Crippen LogP contribution < -0.4 is 5.32 Å².